The first-order valence-corrected chi connectivity index (χ1v) is 17.5. The molecular weight excluding hydrogens is 480 g/mol. The van der Waals surface area contributed by atoms with Crippen LogP contribution in [0.15, 0.2) is 12.2 Å². The lowest BCUT2D eigenvalue weighted by Gasteiger charge is -2.37. The summed E-state index contributed by atoms with van der Waals surface area (Å²) in [6.45, 7) is 6.06. The highest BCUT2D eigenvalue weighted by Gasteiger charge is 2.31. The van der Waals surface area contributed by atoms with Crippen molar-refractivity contribution in [1.82, 2.24) is 0 Å². The second-order valence-electron chi connectivity index (χ2n) is 14.7. The van der Waals surface area contributed by atoms with Gasteiger partial charge in [-0.3, -0.25) is 0 Å². The van der Waals surface area contributed by atoms with E-state index in [-0.39, 0.29) is 12.2 Å². The number of carbonyl (C=O) groups excluding carboxylic acids is 1. The first kappa shape index (κ1) is 31.1. The maximum atomic E-state index is 11.6. The van der Waals surface area contributed by atoms with Gasteiger partial charge in [0, 0.05) is 0 Å². The van der Waals surface area contributed by atoms with Crippen LogP contribution >= 0.6 is 0 Å². The largest absolute Gasteiger partial charge is 0.462 e. The summed E-state index contributed by atoms with van der Waals surface area (Å²) in [4.78, 5) is 11.6. The molecule has 224 valence electrons. The molecule has 0 aromatic rings. The molecule has 0 atom stereocenters. The van der Waals surface area contributed by atoms with Gasteiger partial charge < -0.3 is 9.84 Å². The Morgan fingerprint density at radius 1 is 0.590 bits per heavy atom. The van der Waals surface area contributed by atoms with Gasteiger partial charge in [-0.25, -0.2) is 4.79 Å². The molecule has 0 radical (unpaired) electrons. The molecule has 3 heteroatoms. The van der Waals surface area contributed by atoms with Crippen LogP contribution in [0.25, 0.3) is 0 Å². The summed E-state index contributed by atoms with van der Waals surface area (Å²) in [5.41, 5.74) is 0.158. The Kier molecular flexibility index (Phi) is 13.2. The van der Waals surface area contributed by atoms with Crippen LogP contribution in [0.2, 0.25) is 0 Å². The zero-order chi connectivity index (χ0) is 27.5. The van der Waals surface area contributed by atoms with Crippen LogP contribution < -0.4 is 0 Å². The molecule has 0 bridgehead atoms. The minimum Gasteiger partial charge on any atom is -0.462 e. The Bertz CT molecular complexity index is 699. The second kappa shape index (κ2) is 16.6. The van der Waals surface area contributed by atoms with Crippen LogP contribution in [0.3, 0.4) is 0 Å². The highest BCUT2D eigenvalue weighted by molar-refractivity contribution is 5.87. The monoisotopic (exact) mass is 542 g/mol. The zero-order valence-electron chi connectivity index (χ0n) is 25.6. The van der Waals surface area contributed by atoms with Crippen molar-refractivity contribution >= 4 is 5.97 Å². The van der Waals surface area contributed by atoms with Crippen LogP contribution in [0.1, 0.15) is 148 Å². The van der Waals surface area contributed by atoms with Gasteiger partial charge in [0.05, 0.1) is 18.8 Å². The Balaban J connectivity index is 1.02. The Morgan fingerprint density at radius 3 is 1.21 bits per heavy atom. The third-order valence-electron chi connectivity index (χ3n) is 11.8. The first-order valence-electron chi connectivity index (χ1n) is 17.5. The fourth-order valence-electron chi connectivity index (χ4n) is 9.22. The van der Waals surface area contributed by atoms with Gasteiger partial charge in [0.25, 0.3) is 0 Å². The van der Waals surface area contributed by atoms with Gasteiger partial charge in [0.2, 0.25) is 0 Å². The van der Waals surface area contributed by atoms with E-state index in [2.05, 4.69) is 13.5 Å². The highest BCUT2D eigenvalue weighted by Crippen LogP contribution is 2.44. The molecule has 0 heterocycles. The van der Waals surface area contributed by atoms with E-state index in [0.29, 0.717) is 12.5 Å². The van der Waals surface area contributed by atoms with E-state index in [1.54, 1.807) is 12.8 Å². The lowest BCUT2D eigenvalue weighted by molar-refractivity contribution is -0.139. The smallest absolute Gasteiger partial charge is 0.335 e. The quantitative estimate of drug-likeness (QED) is 0.186. The fourth-order valence-corrected chi connectivity index (χ4v) is 9.22. The molecule has 0 unspecified atom stereocenters. The average molecular weight is 543 g/mol. The molecular formula is C36H62O3. The van der Waals surface area contributed by atoms with E-state index in [1.165, 1.54) is 122 Å². The van der Waals surface area contributed by atoms with E-state index in [0.717, 1.165) is 47.8 Å². The molecule has 4 aliphatic rings. The third-order valence-corrected chi connectivity index (χ3v) is 11.8. The van der Waals surface area contributed by atoms with Crippen molar-refractivity contribution in [2.75, 3.05) is 13.2 Å². The summed E-state index contributed by atoms with van der Waals surface area (Å²) in [6.07, 6.45) is 32.0. The third kappa shape index (κ3) is 10.5. The van der Waals surface area contributed by atoms with Crippen molar-refractivity contribution in [3.05, 3.63) is 12.2 Å². The molecule has 4 aliphatic carbocycles. The minimum absolute atomic E-state index is 0.158. The normalized spacial score (nSPS) is 35.8. The van der Waals surface area contributed by atoms with Gasteiger partial charge in [-0.15, -0.1) is 0 Å². The number of aliphatic hydroxyl groups is 1. The molecule has 0 aromatic carbocycles. The summed E-state index contributed by atoms with van der Waals surface area (Å²) in [6, 6.07) is 0. The summed E-state index contributed by atoms with van der Waals surface area (Å²) in [7, 11) is 0. The molecule has 3 nitrogen and oxygen atoms in total. The van der Waals surface area contributed by atoms with Crippen molar-refractivity contribution < 1.29 is 14.6 Å². The number of carbonyl (C=O) groups is 1. The fraction of sp³-hybridized carbons (Fsp3) is 0.917. The van der Waals surface area contributed by atoms with Crippen LogP contribution in [0.5, 0.6) is 0 Å². The van der Waals surface area contributed by atoms with E-state index in [4.69, 9.17) is 9.84 Å². The van der Waals surface area contributed by atoms with Crippen molar-refractivity contribution in [2.45, 2.75) is 148 Å². The summed E-state index contributed by atoms with van der Waals surface area (Å²) in [5, 5.41) is 8.98. The van der Waals surface area contributed by atoms with Gasteiger partial charge in [-0.2, -0.15) is 0 Å². The number of hydrogen-bond donors (Lipinski definition) is 1. The van der Waals surface area contributed by atoms with Crippen molar-refractivity contribution in [3.63, 3.8) is 0 Å². The van der Waals surface area contributed by atoms with E-state index in [9.17, 15) is 4.79 Å². The van der Waals surface area contributed by atoms with Gasteiger partial charge in [0.15, 0.2) is 0 Å². The highest BCUT2D eigenvalue weighted by atomic mass is 16.5. The van der Waals surface area contributed by atoms with Crippen molar-refractivity contribution in [3.8, 4) is 0 Å². The second-order valence-corrected chi connectivity index (χ2v) is 14.7. The number of aliphatic hydroxyl groups excluding tert-OH is 1. The van der Waals surface area contributed by atoms with E-state index >= 15 is 0 Å². The molecule has 0 saturated heterocycles. The zero-order valence-corrected chi connectivity index (χ0v) is 25.6. The topological polar surface area (TPSA) is 46.5 Å². The summed E-state index contributed by atoms with van der Waals surface area (Å²) >= 11 is 0. The Labute approximate surface area is 241 Å². The number of esters is 1. The van der Waals surface area contributed by atoms with Crippen LogP contribution in [-0.4, -0.2) is 24.3 Å². The number of rotatable bonds is 13. The molecule has 0 amide bonds. The molecule has 39 heavy (non-hydrogen) atoms. The SMILES string of the molecule is C=C(CO)C(=O)OCCC1CCC(CC2CCC(CC3CCC(CC4CCC(CCC)CC4)CC3)CC2)CC1. The van der Waals surface area contributed by atoms with Gasteiger partial charge >= 0.3 is 5.97 Å². The van der Waals surface area contributed by atoms with Gasteiger partial charge in [-0.1, -0.05) is 129 Å². The molecule has 0 aromatic heterocycles. The standard InChI is InChI=1S/C36H62O3/c1-3-4-28-5-9-30(10-6-28)23-32-13-17-34(18-14-32)25-35-19-15-33(16-20-35)24-31-11-7-29(8-12-31)21-22-39-36(38)27(2)26-37/h28-35,37H,2-26H2,1H3. The molecule has 4 rings (SSSR count). The lowest BCUT2D eigenvalue weighted by Crippen LogP contribution is -2.24. The van der Waals surface area contributed by atoms with Gasteiger partial charge in [-0.05, 0) is 73.0 Å². The summed E-state index contributed by atoms with van der Waals surface area (Å²) in [5.74, 6) is 7.41. The molecule has 4 saturated carbocycles. The predicted octanol–water partition coefficient (Wildman–Crippen LogP) is 9.66. The van der Waals surface area contributed by atoms with Gasteiger partial charge in [0.1, 0.15) is 0 Å². The average Bonchev–Trinajstić information content (AvgIpc) is 2.96. The predicted molar refractivity (Wildman–Crippen MR) is 162 cm³/mol. The molecule has 1 N–H and O–H groups in total. The Hall–Kier alpha value is -0.830. The molecule has 0 aliphatic heterocycles. The maximum absolute atomic E-state index is 11.6. The summed E-state index contributed by atoms with van der Waals surface area (Å²) < 4.78 is 5.26. The van der Waals surface area contributed by atoms with Crippen molar-refractivity contribution in [1.29, 1.82) is 0 Å². The molecule has 4 fully saturated rings. The number of ether oxygens (including phenoxy) is 1. The van der Waals surface area contributed by atoms with Crippen LogP contribution in [0.4, 0.5) is 0 Å². The Morgan fingerprint density at radius 2 is 0.897 bits per heavy atom. The van der Waals surface area contributed by atoms with Crippen LogP contribution in [0, 0.1) is 47.3 Å². The lowest BCUT2D eigenvalue weighted by atomic mass is 9.69. The first-order chi connectivity index (χ1) is 19.0. The van der Waals surface area contributed by atoms with E-state index in [1.807, 2.05) is 0 Å². The minimum atomic E-state index is -0.440. The van der Waals surface area contributed by atoms with Crippen LogP contribution in [-0.2, 0) is 9.53 Å². The van der Waals surface area contributed by atoms with E-state index < -0.39 is 5.97 Å². The molecule has 0 spiro atoms. The van der Waals surface area contributed by atoms with Crippen molar-refractivity contribution in [2.24, 2.45) is 47.3 Å². The maximum Gasteiger partial charge on any atom is 0.335 e. The number of hydrogen-bond acceptors (Lipinski definition) is 3.